The van der Waals surface area contributed by atoms with Crippen LogP contribution in [-0.2, 0) is 13.1 Å². The standard InChI is InChI=1S/C13H19N3S/c1-13(2,3)15-9-11-5-4-7-16(11)10-12-14-6-8-17-12/h4-8,15H,9-10H2,1-3H3. The van der Waals surface area contributed by atoms with E-state index >= 15 is 0 Å². The summed E-state index contributed by atoms with van der Waals surface area (Å²) in [6.07, 6.45) is 3.97. The van der Waals surface area contributed by atoms with Crippen molar-refractivity contribution >= 4 is 11.3 Å². The highest BCUT2D eigenvalue weighted by Gasteiger charge is 2.10. The Balaban J connectivity index is 2.02. The molecule has 1 N–H and O–H groups in total. The highest BCUT2D eigenvalue weighted by atomic mass is 32.1. The second kappa shape index (κ2) is 5.02. The molecule has 17 heavy (non-hydrogen) atoms. The molecule has 0 bridgehead atoms. The van der Waals surface area contributed by atoms with Crippen LogP contribution in [0.1, 0.15) is 31.5 Å². The summed E-state index contributed by atoms with van der Waals surface area (Å²) in [5.74, 6) is 0. The van der Waals surface area contributed by atoms with Gasteiger partial charge in [0, 0.05) is 35.6 Å². The minimum atomic E-state index is 0.149. The Bertz CT molecular complexity index is 451. The molecule has 0 aromatic carbocycles. The second-order valence-corrected chi connectivity index (χ2v) is 6.14. The third kappa shape index (κ3) is 3.68. The van der Waals surface area contributed by atoms with Gasteiger partial charge >= 0.3 is 0 Å². The van der Waals surface area contributed by atoms with E-state index in [0.29, 0.717) is 0 Å². The molecular weight excluding hydrogens is 230 g/mol. The van der Waals surface area contributed by atoms with Crippen LogP contribution in [0, 0.1) is 0 Å². The van der Waals surface area contributed by atoms with Crippen LogP contribution in [0.3, 0.4) is 0 Å². The minimum Gasteiger partial charge on any atom is -0.343 e. The first-order valence-corrected chi connectivity index (χ1v) is 6.70. The van der Waals surface area contributed by atoms with Crippen molar-refractivity contribution in [3.05, 3.63) is 40.6 Å². The van der Waals surface area contributed by atoms with Crippen molar-refractivity contribution in [1.29, 1.82) is 0 Å². The lowest BCUT2D eigenvalue weighted by Crippen LogP contribution is -2.35. The molecule has 4 heteroatoms. The lowest BCUT2D eigenvalue weighted by Gasteiger charge is -2.21. The molecule has 2 aromatic rings. The van der Waals surface area contributed by atoms with Crippen LogP contribution in [0.25, 0.3) is 0 Å². The molecule has 0 saturated heterocycles. The monoisotopic (exact) mass is 249 g/mol. The predicted molar refractivity (Wildman–Crippen MR) is 72.2 cm³/mol. The number of thiazole rings is 1. The van der Waals surface area contributed by atoms with Gasteiger partial charge in [-0.2, -0.15) is 0 Å². The van der Waals surface area contributed by atoms with E-state index in [0.717, 1.165) is 18.1 Å². The topological polar surface area (TPSA) is 29.9 Å². The molecule has 0 atom stereocenters. The highest BCUT2D eigenvalue weighted by molar-refractivity contribution is 7.09. The quantitative estimate of drug-likeness (QED) is 0.903. The number of nitrogens with one attached hydrogen (secondary N) is 1. The van der Waals surface area contributed by atoms with Crippen LogP contribution in [-0.4, -0.2) is 15.1 Å². The fraction of sp³-hybridized carbons (Fsp3) is 0.462. The largest absolute Gasteiger partial charge is 0.343 e. The van der Waals surface area contributed by atoms with E-state index in [4.69, 9.17) is 0 Å². The van der Waals surface area contributed by atoms with E-state index in [1.165, 1.54) is 5.69 Å². The highest BCUT2D eigenvalue weighted by Crippen LogP contribution is 2.11. The number of aromatic nitrogens is 2. The molecule has 0 amide bonds. The van der Waals surface area contributed by atoms with E-state index in [2.05, 4.69) is 54.0 Å². The summed E-state index contributed by atoms with van der Waals surface area (Å²) in [5, 5.41) is 6.68. The molecule has 0 aliphatic heterocycles. The van der Waals surface area contributed by atoms with Crippen molar-refractivity contribution in [2.24, 2.45) is 0 Å². The molecule has 0 radical (unpaired) electrons. The number of hydrogen-bond donors (Lipinski definition) is 1. The van der Waals surface area contributed by atoms with Crippen LogP contribution in [0.15, 0.2) is 29.9 Å². The third-order valence-corrected chi connectivity index (χ3v) is 3.28. The molecule has 92 valence electrons. The van der Waals surface area contributed by atoms with Crippen LogP contribution < -0.4 is 5.32 Å². The molecule has 0 fully saturated rings. The fourth-order valence-corrected chi connectivity index (χ4v) is 2.21. The second-order valence-electron chi connectivity index (χ2n) is 5.16. The Morgan fingerprint density at radius 1 is 1.41 bits per heavy atom. The zero-order chi connectivity index (χ0) is 12.3. The third-order valence-electron chi connectivity index (χ3n) is 2.51. The zero-order valence-electron chi connectivity index (χ0n) is 10.6. The lowest BCUT2D eigenvalue weighted by molar-refractivity contribution is 0.417. The summed E-state index contributed by atoms with van der Waals surface area (Å²) >= 11 is 1.70. The van der Waals surface area contributed by atoms with E-state index in [9.17, 15) is 0 Å². The normalized spacial score (nSPS) is 11.9. The van der Waals surface area contributed by atoms with Crippen LogP contribution >= 0.6 is 11.3 Å². The van der Waals surface area contributed by atoms with Crippen LogP contribution in [0.4, 0.5) is 0 Å². The summed E-state index contributed by atoms with van der Waals surface area (Å²) in [6.45, 7) is 8.30. The molecule has 2 rings (SSSR count). The van der Waals surface area contributed by atoms with Gasteiger partial charge < -0.3 is 9.88 Å². The van der Waals surface area contributed by atoms with Crippen molar-refractivity contribution < 1.29 is 0 Å². The van der Waals surface area contributed by atoms with Crippen molar-refractivity contribution in [1.82, 2.24) is 14.9 Å². The van der Waals surface area contributed by atoms with Crippen molar-refractivity contribution in [2.75, 3.05) is 0 Å². The van der Waals surface area contributed by atoms with Gasteiger partial charge in [0.1, 0.15) is 5.01 Å². The van der Waals surface area contributed by atoms with Gasteiger partial charge in [-0.25, -0.2) is 4.98 Å². The smallest absolute Gasteiger partial charge is 0.112 e. The van der Waals surface area contributed by atoms with E-state index in [-0.39, 0.29) is 5.54 Å². The van der Waals surface area contributed by atoms with Crippen molar-refractivity contribution in [3.63, 3.8) is 0 Å². The average molecular weight is 249 g/mol. The molecule has 0 saturated carbocycles. The summed E-state index contributed by atoms with van der Waals surface area (Å²) in [6, 6.07) is 4.25. The maximum Gasteiger partial charge on any atom is 0.112 e. The molecule has 0 aliphatic rings. The molecule has 0 aliphatic carbocycles. The van der Waals surface area contributed by atoms with Gasteiger partial charge in [0.25, 0.3) is 0 Å². The van der Waals surface area contributed by atoms with Gasteiger partial charge in [-0.1, -0.05) is 0 Å². The number of hydrogen-bond acceptors (Lipinski definition) is 3. The van der Waals surface area contributed by atoms with E-state index in [1.54, 1.807) is 11.3 Å². The Hall–Kier alpha value is -1.13. The molecule has 0 unspecified atom stereocenters. The van der Waals surface area contributed by atoms with Gasteiger partial charge in [0.15, 0.2) is 0 Å². The summed E-state index contributed by atoms with van der Waals surface area (Å²) in [7, 11) is 0. The zero-order valence-corrected chi connectivity index (χ0v) is 11.4. The first-order valence-electron chi connectivity index (χ1n) is 5.82. The Morgan fingerprint density at radius 3 is 2.88 bits per heavy atom. The summed E-state index contributed by atoms with van der Waals surface area (Å²) in [5.41, 5.74) is 1.45. The molecule has 0 spiro atoms. The molecular formula is C13H19N3S. The number of nitrogens with zero attached hydrogens (tertiary/aromatic N) is 2. The number of rotatable bonds is 4. The van der Waals surface area contributed by atoms with E-state index < -0.39 is 0 Å². The van der Waals surface area contributed by atoms with Crippen molar-refractivity contribution in [2.45, 2.75) is 39.4 Å². The SMILES string of the molecule is CC(C)(C)NCc1cccn1Cc1nccs1. The summed E-state index contributed by atoms with van der Waals surface area (Å²) < 4.78 is 2.25. The lowest BCUT2D eigenvalue weighted by atomic mass is 10.1. The Kier molecular flexibility index (Phi) is 3.64. The van der Waals surface area contributed by atoms with E-state index in [1.807, 2.05) is 11.6 Å². The Labute approximate surface area is 107 Å². The van der Waals surface area contributed by atoms with Crippen molar-refractivity contribution in [3.8, 4) is 0 Å². The Morgan fingerprint density at radius 2 is 2.24 bits per heavy atom. The van der Waals surface area contributed by atoms with Gasteiger partial charge in [0.2, 0.25) is 0 Å². The van der Waals surface area contributed by atoms with Crippen LogP contribution in [0.2, 0.25) is 0 Å². The first-order chi connectivity index (χ1) is 8.04. The average Bonchev–Trinajstić information content (AvgIpc) is 2.86. The maximum atomic E-state index is 4.32. The molecule has 2 aromatic heterocycles. The van der Waals surface area contributed by atoms with Gasteiger partial charge in [-0.05, 0) is 32.9 Å². The van der Waals surface area contributed by atoms with Crippen LogP contribution in [0.5, 0.6) is 0 Å². The van der Waals surface area contributed by atoms with Gasteiger partial charge in [0.05, 0.1) is 6.54 Å². The maximum absolute atomic E-state index is 4.32. The fourth-order valence-electron chi connectivity index (χ4n) is 1.60. The first kappa shape index (κ1) is 12.3. The van der Waals surface area contributed by atoms with Gasteiger partial charge in [-0.3, -0.25) is 0 Å². The molecule has 3 nitrogen and oxygen atoms in total. The molecule has 2 heterocycles. The predicted octanol–water partition coefficient (Wildman–Crippen LogP) is 2.88. The summed E-state index contributed by atoms with van der Waals surface area (Å²) in [4.78, 5) is 4.32. The minimum absolute atomic E-state index is 0.149. The van der Waals surface area contributed by atoms with Gasteiger partial charge in [-0.15, -0.1) is 11.3 Å².